The average molecular weight is 283 g/mol. The number of nitrogens with zero attached hydrogens (tertiary/aromatic N) is 3. The smallest absolute Gasteiger partial charge is 0.252 e. The second-order valence-electron chi connectivity index (χ2n) is 4.35. The molecule has 3 aromatic rings. The number of hydrogen-bond acceptors (Lipinski definition) is 5. The molecule has 0 unspecified atom stereocenters. The number of nitrogens with two attached hydrogens (primary N) is 1. The van der Waals surface area contributed by atoms with E-state index >= 15 is 0 Å². The summed E-state index contributed by atoms with van der Waals surface area (Å²) in [5.74, 6) is 0.914. The van der Waals surface area contributed by atoms with Crippen LogP contribution in [-0.2, 0) is 0 Å². The minimum absolute atomic E-state index is 0.327. The number of anilines is 2. The van der Waals surface area contributed by atoms with Gasteiger partial charge in [-0.3, -0.25) is 4.79 Å². The Balaban J connectivity index is 1.99. The van der Waals surface area contributed by atoms with Gasteiger partial charge in [0.2, 0.25) is 0 Å². The van der Waals surface area contributed by atoms with E-state index in [4.69, 9.17) is 10.5 Å². The number of aromatic nitrogens is 3. The molecule has 0 bridgehead atoms. The second kappa shape index (κ2) is 5.12. The molecule has 0 aliphatic rings. The van der Waals surface area contributed by atoms with Gasteiger partial charge in [-0.25, -0.2) is 4.98 Å². The Morgan fingerprint density at radius 3 is 2.67 bits per heavy atom. The van der Waals surface area contributed by atoms with Crippen LogP contribution < -0.4 is 15.8 Å². The fraction of sp³-hybridized carbons (Fsp3) is 0.0714. The molecule has 1 amide bonds. The second-order valence-corrected chi connectivity index (χ2v) is 4.35. The highest BCUT2D eigenvalue weighted by Crippen LogP contribution is 2.21. The number of benzene rings is 1. The van der Waals surface area contributed by atoms with E-state index in [1.807, 2.05) is 24.3 Å². The number of pyridine rings is 1. The van der Waals surface area contributed by atoms with E-state index in [2.05, 4.69) is 15.4 Å². The Labute approximate surface area is 120 Å². The van der Waals surface area contributed by atoms with Crippen molar-refractivity contribution in [2.75, 3.05) is 12.4 Å². The predicted octanol–water partition coefficient (Wildman–Crippen LogP) is 1.58. The quantitative estimate of drug-likeness (QED) is 0.758. The van der Waals surface area contributed by atoms with Gasteiger partial charge < -0.3 is 15.8 Å². The fourth-order valence-corrected chi connectivity index (χ4v) is 2.02. The van der Waals surface area contributed by atoms with Crippen molar-refractivity contribution in [1.82, 2.24) is 14.6 Å². The van der Waals surface area contributed by atoms with E-state index in [9.17, 15) is 4.79 Å². The number of rotatable bonds is 4. The Kier molecular flexibility index (Phi) is 3.15. The molecule has 0 saturated heterocycles. The maximum Gasteiger partial charge on any atom is 0.252 e. The van der Waals surface area contributed by atoms with Crippen molar-refractivity contribution >= 4 is 23.1 Å². The van der Waals surface area contributed by atoms with Crippen LogP contribution in [0.2, 0.25) is 0 Å². The molecule has 0 radical (unpaired) electrons. The third-order valence-electron chi connectivity index (χ3n) is 3.05. The maximum absolute atomic E-state index is 11.4. The maximum atomic E-state index is 11.4. The van der Waals surface area contributed by atoms with Gasteiger partial charge in [-0.05, 0) is 36.4 Å². The van der Waals surface area contributed by atoms with Crippen molar-refractivity contribution in [1.29, 1.82) is 0 Å². The molecule has 7 nitrogen and oxygen atoms in total. The molecule has 0 aliphatic carbocycles. The zero-order valence-electron chi connectivity index (χ0n) is 11.3. The highest BCUT2D eigenvalue weighted by atomic mass is 16.5. The van der Waals surface area contributed by atoms with E-state index in [0.29, 0.717) is 17.0 Å². The normalized spacial score (nSPS) is 10.5. The zero-order chi connectivity index (χ0) is 14.8. The lowest BCUT2D eigenvalue weighted by Crippen LogP contribution is -2.13. The average Bonchev–Trinajstić information content (AvgIpc) is 2.98. The van der Waals surface area contributed by atoms with Crippen LogP contribution in [0, 0.1) is 0 Å². The van der Waals surface area contributed by atoms with Crippen molar-refractivity contribution in [3.63, 3.8) is 0 Å². The fourth-order valence-electron chi connectivity index (χ4n) is 2.02. The van der Waals surface area contributed by atoms with Crippen LogP contribution in [-0.4, -0.2) is 27.6 Å². The Morgan fingerprint density at radius 1 is 1.24 bits per heavy atom. The topological polar surface area (TPSA) is 94.5 Å². The van der Waals surface area contributed by atoms with Crippen LogP contribution >= 0.6 is 0 Å². The molecule has 0 spiro atoms. The molecular formula is C14H13N5O2. The number of ether oxygens (including phenoxy) is 1. The molecule has 0 saturated carbocycles. The molecule has 2 aromatic heterocycles. The van der Waals surface area contributed by atoms with Crippen molar-refractivity contribution in [2.24, 2.45) is 5.73 Å². The summed E-state index contributed by atoms with van der Waals surface area (Å²) in [5.41, 5.74) is 6.92. The van der Waals surface area contributed by atoms with Gasteiger partial charge in [-0.1, -0.05) is 0 Å². The van der Waals surface area contributed by atoms with Gasteiger partial charge in [-0.2, -0.15) is 9.61 Å². The Hall–Kier alpha value is -3.09. The number of amides is 1. The number of carbonyl (C=O) groups is 1. The van der Waals surface area contributed by atoms with Gasteiger partial charge >= 0.3 is 0 Å². The highest BCUT2D eigenvalue weighted by Gasteiger charge is 2.12. The lowest BCUT2D eigenvalue weighted by molar-refractivity contribution is 0.100. The lowest BCUT2D eigenvalue weighted by atomic mass is 10.2. The van der Waals surface area contributed by atoms with Gasteiger partial charge in [0, 0.05) is 5.69 Å². The van der Waals surface area contributed by atoms with Crippen LogP contribution in [0.25, 0.3) is 5.65 Å². The largest absolute Gasteiger partial charge is 0.497 e. The number of primary amides is 1. The molecule has 7 heteroatoms. The summed E-state index contributed by atoms with van der Waals surface area (Å²) in [4.78, 5) is 15.4. The first-order chi connectivity index (χ1) is 10.2. The Morgan fingerprint density at radius 2 is 2.00 bits per heavy atom. The monoisotopic (exact) mass is 283 g/mol. The van der Waals surface area contributed by atoms with Crippen LogP contribution in [0.4, 0.5) is 11.5 Å². The Bertz CT molecular complexity index is 795. The molecule has 0 fully saturated rings. The van der Waals surface area contributed by atoms with E-state index in [1.54, 1.807) is 19.2 Å². The zero-order valence-corrected chi connectivity index (χ0v) is 11.3. The van der Waals surface area contributed by atoms with E-state index < -0.39 is 5.91 Å². The van der Waals surface area contributed by atoms with E-state index in [-0.39, 0.29) is 0 Å². The first-order valence-corrected chi connectivity index (χ1v) is 6.22. The summed E-state index contributed by atoms with van der Waals surface area (Å²) in [6.07, 6.45) is 1.38. The lowest BCUT2D eigenvalue weighted by Gasteiger charge is -2.09. The van der Waals surface area contributed by atoms with Crippen molar-refractivity contribution in [3.8, 4) is 5.75 Å². The number of methoxy groups -OCH3 is 1. The van der Waals surface area contributed by atoms with Crippen LogP contribution in [0.1, 0.15) is 10.4 Å². The first-order valence-electron chi connectivity index (χ1n) is 6.22. The van der Waals surface area contributed by atoms with Gasteiger partial charge in [0.1, 0.15) is 17.9 Å². The molecule has 3 rings (SSSR count). The number of nitrogens with one attached hydrogen (secondary N) is 1. The van der Waals surface area contributed by atoms with Crippen molar-refractivity contribution < 1.29 is 9.53 Å². The SMILES string of the molecule is COc1ccc(Nc2ccc(C(N)=O)c3ncnn23)cc1. The van der Waals surface area contributed by atoms with Gasteiger partial charge in [0.25, 0.3) is 5.91 Å². The van der Waals surface area contributed by atoms with Crippen molar-refractivity contribution in [2.45, 2.75) is 0 Å². The summed E-state index contributed by atoms with van der Waals surface area (Å²) in [7, 11) is 1.62. The number of hydrogen-bond donors (Lipinski definition) is 2. The summed E-state index contributed by atoms with van der Waals surface area (Å²) >= 11 is 0. The molecule has 106 valence electrons. The summed E-state index contributed by atoms with van der Waals surface area (Å²) in [6.45, 7) is 0. The minimum atomic E-state index is -0.538. The van der Waals surface area contributed by atoms with Crippen molar-refractivity contribution in [3.05, 3.63) is 48.3 Å². The molecule has 21 heavy (non-hydrogen) atoms. The molecular weight excluding hydrogens is 270 g/mol. The van der Waals surface area contributed by atoms with E-state index in [0.717, 1.165) is 11.4 Å². The minimum Gasteiger partial charge on any atom is -0.497 e. The highest BCUT2D eigenvalue weighted by molar-refractivity contribution is 5.99. The number of carbonyl (C=O) groups excluding carboxylic acids is 1. The molecule has 2 heterocycles. The summed E-state index contributed by atoms with van der Waals surface area (Å²) in [6, 6.07) is 10.8. The summed E-state index contributed by atoms with van der Waals surface area (Å²) < 4.78 is 6.64. The van der Waals surface area contributed by atoms with Gasteiger partial charge in [0.05, 0.1) is 12.7 Å². The van der Waals surface area contributed by atoms with Crippen LogP contribution in [0.3, 0.4) is 0 Å². The third kappa shape index (κ3) is 2.36. The van der Waals surface area contributed by atoms with Gasteiger partial charge in [-0.15, -0.1) is 0 Å². The third-order valence-corrected chi connectivity index (χ3v) is 3.05. The molecule has 3 N–H and O–H groups in total. The summed E-state index contributed by atoms with van der Waals surface area (Å²) in [5, 5.41) is 7.31. The van der Waals surface area contributed by atoms with E-state index in [1.165, 1.54) is 10.8 Å². The van der Waals surface area contributed by atoms with Crippen LogP contribution in [0.15, 0.2) is 42.7 Å². The molecule has 0 atom stereocenters. The van der Waals surface area contributed by atoms with Gasteiger partial charge in [0.15, 0.2) is 5.65 Å². The molecule has 1 aromatic carbocycles. The predicted molar refractivity (Wildman–Crippen MR) is 77.8 cm³/mol. The first kappa shape index (κ1) is 12.9. The standard InChI is InChI=1S/C14H13N5O2/c1-21-10-4-2-9(3-5-10)18-12-7-6-11(13(15)20)14-16-8-17-19(12)14/h2-8,18H,1H3,(H2,15,20). The van der Waals surface area contributed by atoms with Crippen LogP contribution in [0.5, 0.6) is 5.75 Å². The molecule has 0 aliphatic heterocycles. The number of fused-ring (bicyclic) bond motifs is 1.